The molecule has 0 aliphatic carbocycles. The average Bonchev–Trinajstić information content (AvgIpc) is 3.33. The highest BCUT2D eigenvalue weighted by Crippen LogP contribution is 2.27. The van der Waals surface area contributed by atoms with Crippen molar-refractivity contribution in [3.63, 3.8) is 0 Å². The lowest BCUT2D eigenvalue weighted by Gasteiger charge is -2.05. The zero-order valence-corrected chi connectivity index (χ0v) is 15.6. The van der Waals surface area contributed by atoms with E-state index in [9.17, 15) is 4.79 Å². The van der Waals surface area contributed by atoms with E-state index in [1.165, 1.54) is 11.8 Å². The maximum absolute atomic E-state index is 12.3. The van der Waals surface area contributed by atoms with E-state index in [1.807, 2.05) is 49.4 Å². The molecule has 0 fully saturated rings. The van der Waals surface area contributed by atoms with E-state index in [4.69, 9.17) is 8.83 Å². The van der Waals surface area contributed by atoms with Crippen LogP contribution in [0.4, 0.5) is 0 Å². The number of fused-ring (bicyclic) bond motifs is 1. The van der Waals surface area contributed by atoms with Crippen LogP contribution in [0, 0.1) is 6.92 Å². The number of rotatable bonds is 6. The van der Waals surface area contributed by atoms with Crippen molar-refractivity contribution < 1.29 is 13.6 Å². The first-order chi connectivity index (χ1) is 13.2. The first-order valence-electron chi connectivity index (χ1n) is 8.57. The van der Waals surface area contributed by atoms with Gasteiger partial charge in [-0.1, -0.05) is 30.0 Å². The number of aromatic nitrogens is 1. The van der Waals surface area contributed by atoms with Crippen LogP contribution in [-0.2, 0) is 12.3 Å². The minimum Gasteiger partial charge on any atom is -0.467 e. The Balaban J connectivity index is 1.40. The smallest absolute Gasteiger partial charge is 0.257 e. The number of thioether (sulfide) groups is 1. The van der Waals surface area contributed by atoms with Crippen molar-refractivity contribution in [1.82, 2.24) is 10.3 Å². The molecule has 0 spiro atoms. The number of amides is 1. The summed E-state index contributed by atoms with van der Waals surface area (Å²) in [5.74, 6) is 1.27. The lowest BCUT2D eigenvalue weighted by atomic mass is 10.1. The molecule has 0 aliphatic heterocycles. The number of carbonyl (C=O) groups excluding carboxylic acids is 1. The van der Waals surface area contributed by atoms with E-state index >= 15 is 0 Å². The summed E-state index contributed by atoms with van der Waals surface area (Å²) in [5.41, 5.74) is 4.45. The van der Waals surface area contributed by atoms with Crippen molar-refractivity contribution >= 4 is 28.8 Å². The van der Waals surface area contributed by atoms with Gasteiger partial charge in [0.25, 0.3) is 11.1 Å². The van der Waals surface area contributed by atoms with E-state index in [0.29, 0.717) is 23.1 Å². The third-order valence-corrected chi connectivity index (χ3v) is 4.98. The van der Waals surface area contributed by atoms with Crippen molar-refractivity contribution in [2.45, 2.75) is 24.4 Å². The second kappa shape index (κ2) is 7.72. The first-order valence-corrected chi connectivity index (χ1v) is 9.55. The molecule has 136 valence electrons. The Kier molecular flexibility index (Phi) is 4.98. The summed E-state index contributed by atoms with van der Waals surface area (Å²) in [6, 6.07) is 17.1. The van der Waals surface area contributed by atoms with E-state index < -0.39 is 0 Å². The third-order valence-electron chi connectivity index (χ3n) is 4.08. The number of nitrogens with zero attached hydrogens (tertiary/aromatic N) is 1. The highest BCUT2D eigenvalue weighted by molar-refractivity contribution is 7.98. The first kappa shape index (κ1) is 17.4. The molecule has 5 nitrogen and oxygen atoms in total. The van der Waals surface area contributed by atoms with Crippen LogP contribution >= 0.6 is 11.8 Å². The number of nitrogens with one attached hydrogen (secondary N) is 1. The molecule has 6 heteroatoms. The molecule has 0 unspecified atom stereocenters. The Morgan fingerprint density at radius 3 is 2.93 bits per heavy atom. The molecule has 0 bridgehead atoms. The third kappa shape index (κ3) is 4.23. The molecule has 0 atom stereocenters. The molecular weight excluding hydrogens is 360 g/mol. The fourth-order valence-corrected chi connectivity index (χ4v) is 3.49. The minimum absolute atomic E-state index is 0.129. The Morgan fingerprint density at radius 2 is 2.07 bits per heavy atom. The van der Waals surface area contributed by atoms with Crippen LogP contribution in [0.5, 0.6) is 0 Å². The summed E-state index contributed by atoms with van der Waals surface area (Å²) in [6.45, 7) is 2.40. The lowest BCUT2D eigenvalue weighted by Crippen LogP contribution is -2.22. The molecule has 0 radical (unpaired) electrons. The summed E-state index contributed by atoms with van der Waals surface area (Å²) in [4.78, 5) is 16.8. The van der Waals surface area contributed by atoms with Gasteiger partial charge in [0.2, 0.25) is 0 Å². The fraction of sp³-hybridized carbons (Fsp3) is 0.143. The predicted molar refractivity (Wildman–Crippen MR) is 105 cm³/mol. The van der Waals surface area contributed by atoms with E-state index in [1.54, 1.807) is 18.4 Å². The number of hydrogen-bond donors (Lipinski definition) is 1. The van der Waals surface area contributed by atoms with Gasteiger partial charge in [-0.2, -0.15) is 0 Å². The van der Waals surface area contributed by atoms with Crippen LogP contribution < -0.4 is 5.32 Å². The highest BCUT2D eigenvalue weighted by Gasteiger charge is 2.10. The molecule has 4 aromatic rings. The molecule has 27 heavy (non-hydrogen) atoms. The minimum atomic E-state index is -0.129. The molecule has 4 rings (SSSR count). The fourth-order valence-electron chi connectivity index (χ4n) is 2.71. The quantitative estimate of drug-likeness (QED) is 0.481. The molecule has 0 saturated heterocycles. The monoisotopic (exact) mass is 378 g/mol. The van der Waals surface area contributed by atoms with Gasteiger partial charge in [-0.25, -0.2) is 4.98 Å². The summed E-state index contributed by atoms with van der Waals surface area (Å²) in [7, 11) is 0. The summed E-state index contributed by atoms with van der Waals surface area (Å²) in [6.07, 6.45) is 1.59. The average molecular weight is 378 g/mol. The van der Waals surface area contributed by atoms with Crippen molar-refractivity contribution in [3.05, 3.63) is 83.3 Å². The van der Waals surface area contributed by atoms with Gasteiger partial charge in [-0.3, -0.25) is 4.79 Å². The van der Waals surface area contributed by atoms with Crippen LogP contribution in [0.3, 0.4) is 0 Å². The number of aryl methyl sites for hydroxylation is 1. The van der Waals surface area contributed by atoms with Crippen LogP contribution in [-0.4, -0.2) is 10.9 Å². The van der Waals surface area contributed by atoms with Gasteiger partial charge in [-0.05, 0) is 54.4 Å². The predicted octanol–water partition coefficient (Wildman–Crippen LogP) is 4.95. The zero-order valence-electron chi connectivity index (χ0n) is 14.8. The van der Waals surface area contributed by atoms with E-state index in [-0.39, 0.29) is 5.91 Å². The maximum atomic E-state index is 12.3. The van der Waals surface area contributed by atoms with Gasteiger partial charge in [-0.15, -0.1) is 0 Å². The number of hydrogen-bond acceptors (Lipinski definition) is 5. The molecule has 0 saturated carbocycles. The van der Waals surface area contributed by atoms with Crippen molar-refractivity contribution in [1.29, 1.82) is 0 Å². The number of benzene rings is 2. The van der Waals surface area contributed by atoms with Crippen LogP contribution in [0.1, 0.15) is 27.2 Å². The number of carbonyl (C=O) groups is 1. The second-order valence-corrected chi connectivity index (χ2v) is 7.13. The Bertz CT molecular complexity index is 1070. The summed E-state index contributed by atoms with van der Waals surface area (Å²) in [5, 5.41) is 3.48. The van der Waals surface area contributed by atoms with E-state index in [0.717, 1.165) is 28.0 Å². The maximum Gasteiger partial charge on any atom is 0.257 e. The van der Waals surface area contributed by atoms with Crippen LogP contribution in [0.25, 0.3) is 11.1 Å². The molecule has 2 aromatic heterocycles. The molecular formula is C21H18N2O3S. The van der Waals surface area contributed by atoms with Crippen molar-refractivity contribution in [2.75, 3.05) is 0 Å². The molecule has 0 aliphatic rings. The lowest BCUT2D eigenvalue weighted by molar-refractivity contribution is 0.0948. The van der Waals surface area contributed by atoms with Gasteiger partial charge >= 0.3 is 0 Å². The Hall–Kier alpha value is -2.99. The largest absolute Gasteiger partial charge is 0.467 e. The van der Waals surface area contributed by atoms with Crippen LogP contribution in [0.2, 0.25) is 0 Å². The second-order valence-electron chi connectivity index (χ2n) is 6.20. The van der Waals surface area contributed by atoms with Crippen molar-refractivity contribution in [3.8, 4) is 0 Å². The normalized spacial score (nSPS) is 11.0. The molecule has 1 N–H and O–H groups in total. The molecule has 1 amide bonds. The molecule has 2 heterocycles. The number of furan rings is 1. The topological polar surface area (TPSA) is 68.3 Å². The van der Waals surface area contributed by atoms with Gasteiger partial charge in [0.1, 0.15) is 11.3 Å². The Morgan fingerprint density at radius 1 is 1.15 bits per heavy atom. The highest BCUT2D eigenvalue weighted by atomic mass is 32.2. The number of oxazole rings is 1. The standard InChI is InChI=1S/C21H18N2O3S/c1-14-7-8-19-18(10-14)23-21(26-19)27-13-15-4-2-5-16(11-15)20(24)22-12-17-6-3-9-25-17/h2-11H,12-13H2,1H3,(H,22,24). The van der Waals surface area contributed by atoms with Gasteiger partial charge in [0.05, 0.1) is 12.8 Å². The Labute approximate surface area is 160 Å². The summed E-state index contributed by atoms with van der Waals surface area (Å²) >= 11 is 1.51. The summed E-state index contributed by atoms with van der Waals surface area (Å²) < 4.78 is 11.0. The zero-order chi connectivity index (χ0) is 18.6. The SMILES string of the molecule is Cc1ccc2oc(SCc3cccc(C(=O)NCc4ccco4)c3)nc2c1. The van der Waals surface area contributed by atoms with Crippen molar-refractivity contribution in [2.24, 2.45) is 0 Å². The van der Waals surface area contributed by atoms with Gasteiger partial charge in [0.15, 0.2) is 5.58 Å². The van der Waals surface area contributed by atoms with Gasteiger partial charge in [0, 0.05) is 11.3 Å². The van der Waals surface area contributed by atoms with Gasteiger partial charge < -0.3 is 14.2 Å². The molecule has 2 aromatic carbocycles. The van der Waals surface area contributed by atoms with E-state index in [2.05, 4.69) is 10.3 Å². The van der Waals surface area contributed by atoms with Crippen LogP contribution in [0.15, 0.2) is 74.9 Å².